The third-order valence-corrected chi connectivity index (χ3v) is 3.90. The predicted octanol–water partition coefficient (Wildman–Crippen LogP) is 2.54. The first-order valence-corrected chi connectivity index (χ1v) is 7.53. The van der Waals surface area contributed by atoms with Gasteiger partial charge in [0, 0.05) is 24.4 Å². The molecule has 0 spiro atoms. The van der Waals surface area contributed by atoms with Gasteiger partial charge in [-0.2, -0.15) is 0 Å². The van der Waals surface area contributed by atoms with E-state index in [4.69, 9.17) is 15.2 Å². The van der Waals surface area contributed by atoms with Crippen molar-refractivity contribution in [2.45, 2.75) is 19.3 Å². The van der Waals surface area contributed by atoms with Crippen molar-refractivity contribution in [1.29, 1.82) is 0 Å². The first-order valence-electron chi connectivity index (χ1n) is 7.53. The molecule has 1 heterocycles. The van der Waals surface area contributed by atoms with Crippen molar-refractivity contribution in [3.8, 4) is 17.0 Å². The van der Waals surface area contributed by atoms with Crippen LogP contribution in [-0.4, -0.2) is 31.2 Å². The van der Waals surface area contributed by atoms with Crippen LogP contribution in [0.25, 0.3) is 11.3 Å². The molecule has 2 N–H and O–H groups in total. The summed E-state index contributed by atoms with van der Waals surface area (Å²) in [5, 5.41) is 0. The number of methoxy groups -OCH3 is 1. The van der Waals surface area contributed by atoms with E-state index in [0.717, 1.165) is 22.6 Å². The molecule has 1 unspecified atom stereocenters. The lowest BCUT2D eigenvalue weighted by atomic mass is 9.81. The maximum Gasteiger partial charge on any atom is 0.317 e. The van der Waals surface area contributed by atoms with Crippen LogP contribution in [0.5, 0.6) is 5.75 Å². The molecule has 0 aliphatic carbocycles. The fourth-order valence-corrected chi connectivity index (χ4v) is 2.33. The molecule has 5 nitrogen and oxygen atoms in total. The van der Waals surface area contributed by atoms with Crippen molar-refractivity contribution in [2.24, 2.45) is 5.73 Å². The van der Waals surface area contributed by atoms with Crippen molar-refractivity contribution >= 4 is 5.97 Å². The molecule has 23 heavy (non-hydrogen) atoms. The SMILES string of the molecule is CCOC(=O)C(C)(CN)c1cccc(-c2cc(OC)ccn2)c1. The highest BCUT2D eigenvalue weighted by atomic mass is 16.5. The first-order chi connectivity index (χ1) is 11.0. The van der Waals surface area contributed by atoms with Gasteiger partial charge in [-0.3, -0.25) is 9.78 Å². The number of benzene rings is 1. The summed E-state index contributed by atoms with van der Waals surface area (Å²) < 4.78 is 10.4. The zero-order valence-electron chi connectivity index (χ0n) is 13.7. The Hall–Kier alpha value is -2.40. The van der Waals surface area contributed by atoms with Gasteiger partial charge in [0.2, 0.25) is 0 Å². The Kier molecular flexibility index (Phi) is 5.34. The largest absolute Gasteiger partial charge is 0.497 e. The number of pyridine rings is 1. The molecule has 0 fully saturated rings. The van der Waals surface area contributed by atoms with Gasteiger partial charge < -0.3 is 15.2 Å². The number of hydrogen-bond donors (Lipinski definition) is 1. The minimum absolute atomic E-state index is 0.167. The van der Waals surface area contributed by atoms with Gasteiger partial charge in [0.1, 0.15) is 11.2 Å². The Labute approximate surface area is 136 Å². The molecule has 0 radical (unpaired) electrons. The number of nitrogens with two attached hydrogens (primary N) is 1. The maximum absolute atomic E-state index is 12.3. The van der Waals surface area contributed by atoms with Crippen LogP contribution >= 0.6 is 0 Å². The number of esters is 1. The summed E-state index contributed by atoms with van der Waals surface area (Å²) in [6.07, 6.45) is 1.69. The number of rotatable bonds is 6. The van der Waals surface area contributed by atoms with Crippen LogP contribution in [0.2, 0.25) is 0 Å². The minimum atomic E-state index is -0.884. The molecule has 2 rings (SSSR count). The van der Waals surface area contributed by atoms with E-state index in [1.54, 1.807) is 33.2 Å². The van der Waals surface area contributed by atoms with E-state index in [1.807, 2.05) is 30.3 Å². The van der Waals surface area contributed by atoms with Crippen LogP contribution in [0.4, 0.5) is 0 Å². The molecular weight excluding hydrogens is 292 g/mol. The third-order valence-electron chi connectivity index (χ3n) is 3.90. The molecule has 0 aliphatic heterocycles. The van der Waals surface area contributed by atoms with Crippen LogP contribution in [0, 0.1) is 0 Å². The predicted molar refractivity (Wildman–Crippen MR) is 89.3 cm³/mol. The van der Waals surface area contributed by atoms with Gasteiger partial charge in [0.25, 0.3) is 0 Å². The Morgan fingerprint density at radius 1 is 1.30 bits per heavy atom. The molecule has 5 heteroatoms. The van der Waals surface area contributed by atoms with Gasteiger partial charge in [-0.1, -0.05) is 18.2 Å². The molecule has 0 saturated heterocycles. The highest BCUT2D eigenvalue weighted by molar-refractivity contribution is 5.83. The van der Waals surface area contributed by atoms with Gasteiger partial charge in [-0.05, 0) is 31.5 Å². The highest BCUT2D eigenvalue weighted by Crippen LogP contribution is 2.29. The zero-order chi connectivity index (χ0) is 16.9. The van der Waals surface area contributed by atoms with Gasteiger partial charge in [-0.15, -0.1) is 0 Å². The smallest absolute Gasteiger partial charge is 0.317 e. The second-order valence-electron chi connectivity index (χ2n) is 5.42. The summed E-state index contributed by atoms with van der Waals surface area (Å²) >= 11 is 0. The number of carbonyl (C=O) groups excluding carboxylic acids is 1. The summed E-state index contributed by atoms with van der Waals surface area (Å²) in [7, 11) is 1.61. The molecule has 0 amide bonds. The molecule has 1 aromatic carbocycles. The molecule has 1 aromatic heterocycles. The van der Waals surface area contributed by atoms with Crippen molar-refractivity contribution in [3.63, 3.8) is 0 Å². The quantitative estimate of drug-likeness (QED) is 0.829. The molecule has 0 saturated carbocycles. The minimum Gasteiger partial charge on any atom is -0.497 e. The molecule has 2 aromatic rings. The van der Waals surface area contributed by atoms with Crippen LogP contribution in [-0.2, 0) is 14.9 Å². The molecule has 1 atom stereocenters. The fourth-order valence-electron chi connectivity index (χ4n) is 2.33. The van der Waals surface area contributed by atoms with Gasteiger partial charge >= 0.3 is 5.97 Å². The van der Waals surface area contributed by atoms with E-state index in [9.17, 15) is 4.79 Å². The number of ether oxygens (including phenoxy) is 2. The molecule has 0 aliphatic rings. The Morgan fingerprint density at radius 3 is 2.74 bits per heavy atom. The molecule has 122 valence electrons. The van der Waals surface area contributed by atoms with Crippen molar-refractivity contribution < 1.29 is 14.3 Å². The van der Waals surface area contributed by atoms with Gasteiger partial charge in [0.15, 0.2) is 0 Å². The zero-order valence-corrected chi connectivity index (χ0v) is 13.7. The van der Waals surface area contributed by atoms with Crippen LogP contribution in [0.1, 0.15) is 19.4 Å². The summed E-state index contributed by atoms with van der Waals surface area (Å²) in [5.41, 5.74) is 7.46. The van der Waals surface area contributed by atoms with Crippen LogP contribution in [0.3, 0.4) is 0 Å². The average molecular weight is 314 g/mol. The van der Waals surface area contributed by atoms with Crippen molar-refractivity contribution in [2.75, 3.05) is 20.3 Å². The average Bonchev–Trinajstić information content (AvgIpc) is 2.61. The number of nitrogens with zero attached hydrogens (tertiary/aromatic N) is 1. The van der Waals surface area contributed by atoms with E-state index in [2.05, 4.69) is 4.98 Å². The topological polar surface area (TPSA) is 74.4 Å². The van der Waals surface area contributed by atoms with E-state index in [0.29, 0.717) is 6.61 Å². The van der Waals surface area contributed by atoms with Gasteiger partial charge in [-0.25, -0.2) is 0 Å². The van der Waals surface area contributed by atoms with Gasteiger partial charge in [0.05, 0.1) is 19.4 Å². The number of hydrogen-bond acceptors (Lipinski definition) is 5. The lowest BCUT2D eigenvalue weighted by molar-refractivity contribution is -0.149. The number of aromatic nitrogens is 1. The van der Waals surface area contributed by atoms with E-state index >= 15 is 0 Å². The first kappa shape index (κ1) is 17.0. The Bertz CT molecular complexity index is 687. The second-order valence-corrected chi connectivity index (χ2v) is 5.42. The summed E-state index contributed by atoms with van der Waals surface area (Å²) in [5.74, 6) is 0.408. The third kappa shape index (κ3) is 3.51. The Balaban J connectivity index is 2.44. The molecular formula is C18H22N2O3. The maximum atomic E-state index is 12.3. The highest BCUT2D eigenvalue weighted by Gasteiger charge is 2.35. The standard InChI is InChI=1S/C18H22N2O3/c1-4-23-17(21)18(2,12-19)14-7-5-6-13(10-14)16-11-15(22-3)8-9-20-16/h5-11H,4,12,19H2,1-3H3. The van der Waals surface area contributed by atoms with Crippen molar-refractivity contribution in [3.05, 3.63) is 48.2 Å². The van der Waals surface area contributed by atoms with Crippen LogP contribution < -0.4 is 10.5 Å². The molecule has 0 bridgehead atoms. The van der Waals surface area contributed by atoms with Crippen molar-refractivity contribution in [1.82, 2.24) is 4.98 Å². The second kappa shape index (κ2) is 7.24. The number of carbonyl (C=O) groups is 1. The van der Waals surface area contributed by atoms with E-state index in [-0.39, 0.29) is 12.5 Å². The van der Waals surface area contributed by atoms with E-state index in [1.165, 1.54) is 0 Å². The lowest BCUT2D eigenvalue weighted by Crippen LogP contribution is -2.41. The summed E-state index contributed by atoms with van der Waals surface area (Å²) in [6.45, 7) is 4.07. The summed E-state index contributed by atoms with van der Waals surface area (Å²) in [4.78, 5) is 16.7. The van der Waals surface area contributed by atoms with Crippen LogP contribution in [0.15, 0.2) is 42.6 Å². The Morgan fingerprint density at radius 2 is 2.09 bits per heavy atom. The monoisotopic (exact) mass is 314 g/mol. The van der Waals surface area contributed by atoms with E-state index < -0.39 is 5.41 Å². The summed E-state index contributed by atoms with van der Waals surface area (Å²) in [6, 6.07) is 11.3. The normalized spacial score (nSPS) is 13.2. The fraction of sp³-hybridized carbons (Fsp3) is 0.333. The lowest BCUT2D eigenvalue weighted by Gasteiger charge is -2.26.